The lowest BCUT2D eigenvalue weighted by Gasteiger charge is -2.26. The number of ether oxygens (including phenoxy) is 1. The summed E-state index contributed by atoms with van der Waals surface area (Å²) in [6.45, 7) is 5.10. The predicted molar refractivity (Wildman–Crippen MR) is 65.2 cm³/mol. The van der Waals surface area contributed by atoms with E-state index in [4.69, 9.17) is 4.74 Å². The van der Waals surface area contributed by atoms with E-state index in [0.717, 1.165) is 13.0 Å². The van der Waals surface area contributed by atoms with Crippen molar-refractivity contribution in [2.24, 2.45) is 0 Å². The van der Waals surface area contributed by atoms with Gasteiger partial charge in [0.1, 0.15) is 6.23 Å². The molecule has 84 valence electrons. The molecule has 0 aliphatic heterocycles. The number of nitrogens with zero attached hydrogens (tertiary/aromatic N) is 1. The van der Waals surface area contributed by atoms with Gasteiger partial charge in [0.15, 0.2) is 0 Å². The summed E-state index contributed by atoms with van der Waals surface area (Å²) < 4.78 is 5.72. The van der Waals surface area contributed by atoms with Gasteiger partial charge in [0.2, 0.25) is 0 Å². The molecule has 1 aromatic carbocycles. The van der Waals surface area contributed by atoms with E-state index in [2.05, 4.69) is 37.9 Å². The lowest BCUT2D eigenvalue weighted by atomic mass is 10.3. The third-order valence-electron chi connectivity index (χ3n) is 2.57. The molecule has 0 amide bonds. The molecule has 0 heterocycles. The standard InChI is InChI=1S/C13H21NO/c1-4-5-11-15-12(2)14(3)13-9-7-6-8-10-13/h6-10,12H,4-5,11H2,1-3H3. The fourth-order valence-electron chi connectivity index (χ4n) is 1.38. The van der Waals surface area contributed by atoms with Gasteiger partial charge in [-0.15, -0.1) is 0 Å². The second kappa shape index (κ2) is 6.46. The highest BCUT2D eigenvalue weighted by Crippen LogP contribution is 2.14. The van der Waals surface area contributed by atoms with E-state index < -0.39 is 0 Å². The van der Waals surface area contributed by atoms with Gasteiger partial charge in [0, 0.05) is 19.3 Å². The van der Waals surface area contributed by atoms with Crippen molar-refractivity contribution in [2.45, 2.75) is 32.9 Å². The van der Waals surface area contributed by atoms with E-state index >= 15 is 0 Å². The van der Waals surface area contributed by atoms with Crippen LogP contribution in [0.15, 0.2) is 30.3 Å². The zero-order chi connectivity index (χ0) is 11.1. The van der Waals surface area contributed by atoms with Gasteiger partial charge in [-0.2, -0.15) is 0 Å². The molecule has 0 radical (unpaired) electrons. The van der Waals surface area contributed by atoms with Crippen LogP contribution in [-0.2, 0) is 4.74 Å². The van der Waals surface area contributed by atoms with Gasteiger partial charge >= 0.3 is 0 Å². The van der Waals surface area contributed by atoms with Gasteiger partial charge in [0.05, 0.1) is 0 Å². The van der Waals surface area contributed by atoms with Crippen molar-refractivity contribution in [3.8, 4) is 0 Å². The topological polar surface area (TPSA) is 12.5 Å². The number of anilines is 1. The van der Waals surface area contributed by atoms with Gasteiger partial charge in [-0.05, 0) is 25.5 Å². The van der Waals surface area contributed by atoms with E-state index in [0.29, 0.717) is 0 Å². The average Bonchev–Trinajstić information content (AvgIpc) is 2.29. The lowest BCUT2D eigenvalue weighted by molar-refractivity contribution is 0.0648. The fourth-order valence-corrected chi connectivity index (χ4v) is 1.38. The molecule has 0 bridgehead atoms. The van der Waals surface area contributed by atoms with E-state index in [-0.39, 0.29) is 6.23 Å². The second-order valence-corrected chi connectivity index (χ2v) is 3.77. The summed E-state index contributed by atoms with van der Waals surface area (Å²) in [4.78, 5) is 2.15. The Labute approximate surface area is 92.9 Å². The van der Waals surface area contributed by atoms with Crippen molar-refractivity contribution >= 4 is 5.69 Å². The molecule has 0 aliphatic rings. The van der Waals surface area contributed by atoms with Crippen LogP contribution < -0.4 is 4.90 Å². The molecule has 0 spiro atoms. The smallest absolute Gasteiger partial charge is 0.127 e. The number of benzene rings is 1. The van der Waals surface area contributed by atoms with Crippen LogP contribution in [0.1, 0.15) is 26.7 Å². The molecule has 0 saturated heterocycles. The van der Waals surface area contributed by atoms with Crippen LogP contribution in [0, 0.1) is 0 Å². The van der Waals surface area contributed by atoms with E-state index in [9.17, 15) is 0 Å². The lowest BCUT2D eigenvalue weighted by Crippen LogP contribution is -2.31. The van der Waals surface area contributed by atoms with Crippen molar-refractivity contribution in [3.63, 3.8) is 0 Å². The van der Waals surface area contributed by atoms with Crippen LogP contribution in [0.2, 0.25) is 0 Å². The molecule has 0 fully saturated rings. The molecular weight excluding hydrogens is 186 g/mol. The highest BCUT2D eigenvalue weighted by Gasteiger charge is 2.08. The number of unbranched alkanes of at least 4 members (excludes halogenated alkanes) is 1. The summed E-state index contributed by atoms with van der Waals surface area (Å²) in [6, 6.07) is 10.3. The predicted octanol–water partition coefficient (Wildman–Crippen LogP) is 3.29. The van der Waals surface area contributed by atoms with Gasteiger partial charge in [0.25, 0.3) is 0 Å². The first-order chi connectivity index (χ1) is 7.25. The Morgan fingerprint density at radius 2 is 1.93 bits per heavy atom. The number of hydrogen-bond acceptors (Lipinski definition) is 2. The minimum atomic E-state index is 0.138. The Bertz CT molecular complexity index is 260. The van der Waals surface area contributed by atoms with Crippen LogP contribution in [0.25, 0.3) is 0 Å². The third-order valence-corrected chi connectivity index (χ3v) is 2.57. The summed E-state index contributed by atoms with van der Waals surface area (Å²) >= 11 is 0. The first kappa shape index (κ1) is 12.1. The minimum Gasteiger partial charge on any atom is -0.359 e. The summed E-state index contributed by atoms with van der Waals surface area (Å²) in [5.41, 5.74) is 1.20. The highest BCUT2D eigenvalue weighted by molar-refractivity contribution is 5.45. The summed E-state index contributed by atoms with van der Waals surface area (Å²) in [7, 11) is 2.06. The van der Waals surface area contributed by atoms with Gasteiger partial charge in [-0.3, -0.25) is 0 Å². The molecular formula is C13H21NO. The first-order valence-electron chi connectivity index (χ1n) is 5.65. The first-order valence-corrected chi connectivity index (χ1v) is 5.65. The molecule has 1 rings (SSSR count). The average molecular weight is 207 g/mol. The van der Waals surface area contributed by atoms with E-state index in [1.54, 1.807) is 0 Å². The normalized spacial score (nSPS) is 12.5. The Morgan fingerprint density at radius 3 is 2.53 bits per heavy atom. The van der Waals surface area contributed by atoms with Crippen molar-refractivity contribution in [1.29, 1.82) is 0 Å². The molecule has 15 heavy (non-hydrogen) atoms. The molecule has 0 aromatic heterocycles. The van der Waals surface area contributed by atoms with Gasteiger partial charge in [-0.25, -0.2) is 0 Å². The Morgan fingerprint density at radius 1 is 1.27 bits per heavy atom. The molecule has 0 aliphatic carbocycles. The van der Waals surface area contributed by atoms with Crippen molar-refractivity contribution < 1.29 is 4.74 Å². The van der Waals surface area contributed by atoms with Crippen LogP contribution in [-0.4, -0.2) is 19.9 Å². The largest absolute Gasteiger partial charge is 0.359 e. The summed E-state index contributed by atoms with van der Waals surface area (Å²) in [5.74, 6) is 0. The Balaban J connectivity index is 2.42. The van der Waals surface area contributed by atoms with Crippen LogP contribution >= 0.6 is 0 Å². The third kappa shape index (κ3) is 3.92. The number of hydrogen-bond donors (Lipinski definition) is 0. The molecule has 0 saturated carbocycles. The molecule has 1 aromatic rings. The van der Waals surface area contributed by atoms with Crippen LogP contribution in [0.3, 0.4) is 0 Å². The van der Waals surface area contributed by atoms with Gasteiger partial charge in [-0.1, -0.05) is 31.5 Å². The van der Waals surface area contributed by atoms with Crippen molar-refractivity contribution in [2.75, 3.05) is 18.6 Å². The number of para-hydroxylation sites is 1. The molecule has 1 unspecified atom stereocenters. The van der Waals surface area contributed by atoms with E-state index in [1.807, 2.05) is 18.2 Å². The second-order valence-electron chi connectivity index (χ2n) is 3.77. The zero-order valence-corrected chi connectivity index (χ0v) is 9.94. The quantitative estimate of drug-likeness (QED) is 0.524. The van der Waals surface area contributed by atoms with Gasteiger partial charge < -0.3 is 9.64 Å². The molecule has 0 N–H and O–H groups in total. The van der Waals surface area contributed by atoms with Crippen LogP contribution in [0.5, 0.6) is 0 Å². The van der Waals surface area contributed by atoms with Crippen molar-refractivity contribution in [3.05, 3.63) is 30.3 Å². The highest BCUT2D eigenvalue weighted by atomic mass is 16.5. The zero-order valence-electron chi connectivity index (χ0n) is 9.94. The van der Waals surface area contributed by atoms with E-state index in [1.165, 1.54) is 12.1 Å². The minimum absolute atomic E-state index is 0.138. The summed E-state index contributed by atoms with van der Waals surface area (Å²) in [6.07, 6.45) is 2.45. The van der Waals surface area contributed by atoms with Crippen molar-refractivity contribution in [1.82, 2.24) is 0 Å². The van der Waals surface area contributed by atoms with Crippen LogP contribution in [0.4, 0.5) is 5.69 Å². The molecule has 2 nitrogen and oxygen atoms in total. The Kier molecular flexibility index (Phi) is 5.19. The molecule has 1 atom stereocenters. The Hall–Kier alpha value is -1.02. The maximum Gasteiger partial charge on any atom is 0.127 e. The SMILES string of the molecule is CCCCOC(C)N(C)c1ccccc1. The number of rotatable bonds is 6. The summed E-state index contributed by atoms with van der Waals surface area (Å²) in [5, 5.41) is 0. The molecule has 2 heteroatoms. The fraction of sp³-hybridized carbons (Fsp3) is 0.538. The monoisotopic (exact) mass is 207 g/mol. The maximum absolute atomic E-state index is 5.72. The maximum atomic E-state index is 5.72.